The normalized spacial score (nSPS) is 19.0. The maximum atomic E-state index is 13.0. The first-order chi connectivity index (χ1) is 14.5. The van der Waals surface area contributed by atoms with E-state index in [1.54, 1.807) is 30.6 Å². The van der Waals surface area contributed by atoms with Crippen molar-refractivity contribution in [1.82, 2.24) is 19.1 Å². The number of nitrogens with zero attached hydrogens (tertiary/aromatic N) is 4. The summed E-state index contributed by atoms with van der Waals surface area (Å²) in [5, 5.41) is 0. The van der Waals surface area contributed by atoms with Crippen molar-refractivity contribution in [2.24, 2.45) is 0 Å². The summed E-state index contributed by atoms with van der Waals surface area (Å²) >= 11 is 0. The van der Waals surface area contributed by atoms with E-state index in [9.17, 15) is 13.2 Å². The minimum atomic E-state index is -3.54. The monoisotopic (exact) mass is 428 g/mol. The first kappa shape index (κ1) is 21.0. The second-order valence-corrected chi connectivity index (χ2v) is 9.85. The van der Waals surface area contributed by atoms with Gasteiger partial charge in [-0.2, -0.15) is 4.31 Å². The van der Waals surface area contributed by atoms with E-state index in [-0.39, 0.29) is 10.8 Å². The van der Waals surface area contributed by atoms with E-state index in [1.165, 1.54) is 15.9 Å². The van der Waals surface area contributed by atoms with Crippen LogP contribution in [-0.4, -0.2) is 72.7 Å². The summed E-state index contributed by atoms with van der Waals surface area (Å²) in [7, 11) is -3.54. The van der Waals surface area contributed by atoms with Crippen LogP contribution in [0.25, 0.3) is 0 Å². The Labute approximate surface area is 178 Å². The Bertz CT molecular complexity index is 967. The molecule has 1 amide bonds. The lowest BCUT2D eigenvalue weighted by Gasteiger charge is -2.35. The van der Waals surface area contributed by atoms with Gasteiger partial charge >= 0.3 is 0 Å². The van der Waals surface area contributed by atoms with E-state index in [0.29, 0.717) is 31.7 Å². The van der Waals surface area contributed by atoms with Crippen molar-refractivity contribution in [3.8, 4) is 0 Å². The van der Waals surface area contributed by atoms with E-state index in [4.69, 9.17) is 0 Å². The molecular weight excluding hydrogens is 400 g/mol. The van der Waals surface area contributed by atoms with Crippen molar-refractivity contribution in [2.45, 2.75) is 30.7 Å². The van der Waals surface area contributed by atoms with Crippen LogP contribution in [-0.2, 0) is 16.6 Å². The number of piperidine rings is 1. The Balaban J connectivity index is 1.40. The fourth-order valence-corrected chi connectivity index (χ4v) is 5.65. The minimum absolute atomic E-state index is 0.103. The Hall–Kier alpha value is -2.29. The van der Waals surface area contributed by atoms with E-state index < -0.39 is 10.0 Å². The van der Waals surface area contributed by atoms with Crippen LogP contribution >= 0.6 is 0 Å². The van der Waals surface area contributed by atoms with Gasteiger partial charge in [-0.1, -0.05) is 12.5 Å². The summed E-state index contributed by atoms with van der Waals surface area (Å²) in [6.07, 6.45) is 6.43. The molecule has 2 aliphatic heterocycles. The molecule has 4 rings (SSSR count). The van der Waals surface area contributed by atoms with E-state index >= 15 is 0 Å². The third-order valence-electron chi connectivity index (χ3n) is 5.85. The predicted octanol–water partition coefficient (Wildman–Crippen LogP) is 2.21. The summed E-state index contributed by atoms with van der Waals surface area (Å²) in [5.41, 5.74) is 1.65. The Kier molecular flexibility index (Phi) is 6.46. The average molecular weight is 429 g/mol. The van der Waals surface area contributed by atoms with Crippen molar-refractivity contribution in [3.05, 3.63) is 59.9 Å². The maximum absolute atomic E-state index is 13.0. The molecule has 3 heterocycles. The maximum Gasteiger partial charge on any atom is 0.253 e. The van der Waals surface area contributed by atoms with Crippen LogP contribution in [0.5, 0.6) is 0 Å². The van der Waals surface area contributed by atoms with Gasteiger partial charge in [0.1, 0.15) is 0 Å². The average Bonchev–Trinajstić information content (AvgIpc) is 2.80. The molecule has 2 fully saturated rings. The van der Waals surface area contributed by atoms with Gasteiger partial charge in [0.2, 0.25) is 10.0 Å². The summed E-state index contributed by atoms with van der Waals surface area (Å²) in [4.78, 5) is 21.4. The Morgan fingerprint density at radius 1 is 0.900 bits per heavy atom. The minimum Gasteiger partial charge on any atom is -0.336 e. The number of rotatable bonds is 5. The van der Waals surface area contributed by atoms with E-state index in [2.05, 4.69) is 9.88 Å². The lowest BCUT2D eigenvalue weighted by molar-refractivity contribution is 0.0628. The SMILES string of the molecule is O=C(c1cccc(S(=O)(=O)N2CCCCC2)c1)N1CCN(Cc2ccncc2)CC1. The Morgan fingerprint density at radius 2 is 1.60 bits per heavy atom. The summed E-state index contributed by atoms with van der Waals surface area (Å²) in [5.74, 6) is -0.103. The van der Waals surface area contributed by atoms with Crippen LogP contribution < -0.4 is 0 Å². The van der Waals surface area contributed by atoms with Gasteiger partial charge in [-0.05, 0) is 48.7 Å². The number of benzene rings is 1. The Morgan fingerprint density at radius 3 is 2.30 bits per heavy atom. The van der Waals surface area contributed by atoms with Crippen LogP contribution in [0.4, 0.5) is 0 Å². The molecule has 1 aromatic carbocycles. The number of carbonyl (C=O) groups is 1. The molecule has 0 unspecified atom stereocenters. The highest BCUT2D eigenvalue weighted by molar-refractivity contribution is 7.89. The summed E-state index contributed by atoms with van der Waals surface area (Å²) < 4.78 is 27.4. The molecule has 8 heteroatoms. The second-order valence-electron chi connectivity index (χ2n) is 7.92. The fraction of sp³-hybridized carbons (Fsp3) is 0.455. The van der Waals surface area contributed by atoms with E-state index in [0.717, 1.165) is 38.9 Å². The molecule has 7 nitrogen and oxygen atoms in total. The van der Waals surface area contributed by atoms with Crippen LogP contribution in [0.15, 0.2) is 53.7 Å². The molecule has 30 heavy (non-hydrogen) atoms. The van der Waals surface area contributed by atoms with Gasteiger partial charge in [0.25, 0.3) is 5.91 Å². The second kappa shape index (κ2) is 9.24. The molecule has 2 aliphatic rings. The number of piperazine rings is 1. The van der Waals surface area contributed by atoms with Crippen molar-refractivity contribution in [1.29, 1.82) is 0 Å². The fourth-order valence-electron chi connectivity index (χ4n) is 4.08. The number of carbonyl (C=O) groups excluding carboxylic acids is 1. The van der Waals surface area contributed by atoms with Gasteiger partial charge in [-0.3, -0.25) is 14.7 Å². The lowest BCUT2D eigenvalue weighted by Crippen LogP contribution is -2.48. The molecule has 0 radical (unpaired) electrons. The molecule has 0 N–H and O–H groups in total. The highest BCUT2D eigenvalue weighted by Gasteiger charge is 2.28. The largest absolute Gasteiger partial charge is 0.336 e. The zero-order valence-corrected chi connectivity index (χ0v) is 17.9. The zero-order chi connectivity index (χ0) is 21.0. The highest BCUT2D eigenvalue weighted by atomic mass is 32.2. The molecule has 0 spiro atoms. The molecular formula is C22H28N4O3S. The van der Waals surface area contributed by atoms with Crippen LogP contribution in [0, 0.1) is 0 Å². The van der Waals surface area contributed by atoms with Crippen molar-refractivity contribution in [2.75, 3.05) is 39.3 Å². The van der Waals surface area contributed by atoms with Gasteiger partial charge in [0.05, 0.1) is 4.90 Å². The molecule has 2 aromatic rings. The first-order valence-corrected chi connectivity index (χ1v) is 12.0. The van der Waals surface area contributed by atoms with Crippen molar-refractivity contribution >= 4 is 15.9 Å². The molecule has 160 valence electrons. The third-order valence-corrected chi connectivity index (χ3v) is 7.74. The van der Waals surface area contributed by atoms with Gasteiger partial charge < -0.3 is 4.90 Å². The van der Waals surface area contributed by atoms with Gasteiger partial charge in [-0.25, -0.2) is 8.42 Å². The number of pyridine rings is 1. The number of hydrogen-bond acceptors (Lipinski definition) is 5. The van der Waals surface area contributed by atoms with Crippen molar-refractivity contribution < 1.29 is 13.2 Å². The summed E-state index contributed by atoms with van der Waals surface area (Å²) in [6, 6.07) is 10.5. The van der Waals surface area contributed by atoms with Crippen LogP contribution in [0.2, 0.25) is 0 Å². The highest BCUT2D eigenvalue weighted by Crippen LogP contribution is 2.22. The van der Waals surface area contributed by atoms with Crippen LogP contribution in [0.1, 0.15) is 35.2 Å². The number of sulfonamides is 1. The van der Waals surface area contributed by atoms with Crippen molar-refractivity contribution in [3.63, 3.8) is 0 Å². The zero-order valence-electron chi connectivity index (χ0n) is 17.1. The predicted molar refractivity (Wildman–Crippen MR) is 114 cm³/mol. The molecule has 0 saturated carbocycles. The van der Waals surface area contributed by atoms with E-state index in [1.807, 2.05) is 17.0 Å². The number of amides is 1. The topological polar surface area (TPSA) is 73.8 Å². The standard InChI is InChI=1S/C22H28N4O3S/c27-22(25-15-13-24(14-16-25)18-19-7-9-23-10-8-19)20-5-4-6-21(17-20)30(28,29)26-11-2-1-3-12-26/h4-10,17H,1-3,11-16,18H2. The van der Waals surface area contributed by atoms with Gasteiger partial charge in [-0.15, -0.1) is 0 Å². The summed E-state index contributed by atoms with van der Waals surface area (Å²) in [6.45, 7) is 4.80. The van der Waals surface area contributed by atoms with Crippen LogP contribution in [0.3, 0.4) is 0 Å². The molecule has 0 atom stereocenters. The smallest absolute Gasteiger partial charge is 0.253 e. The van der Waals surface area contributed by atoms with Gasteiger partial charge in [0, 0.05) is 63.8 Å². The van der Waals surface area contributed by atoms with Gasteiger partial charge in [0.15, 0.2) is 0 Å². The number of hydrogen-bond donors (Lipinski definition) is 0. The molecule has 1 aromatic heterocycles. The quantitative estimate of drug-likeness (QED) is 0.730. The molecule has 0 aliphatic carbocycles. The molecule has 0 bridgehead atoms. The third kappa shape index (κ3) is 4.71. The molecule has 2 saturated heterocycles. The lowest BCUT2D eigenvalue weighted by atomic mass is 10.1. The number of aromatic nitrogens is 1. The first-order valence-electron chi connectivity index (χ1n) is 10.5.